The van der Waals surface area contributed by atoms with E-state index in [4.69, 9.17) is 20.5 Å². The van der Waals surface area contributed by atoms with Crippen molar-refractivity contribution in [2.45, 2.75) is 26.6 Å². The third-order valence-corrected chi connectivity index (χ3v) is 4.05. The highest BCUT2D eigenvalue weighted by Crippen LogP contribution is 2.16. The molecule has 0 bridgehead atoms. The van der Waals surface area contributed by atoms with Crippen LogP contribution in [-0.4, -0.2) is 43.2 Å². The fraction of sp³-hybridized carbons (Fsp3) is 0.333. The maximum absolute atomic E-state index is 9.96. The van der Waals surface area contributed by atoms with E-state index in [-0.39, 0.29) is 5.75 Å². The smallest absolute Gasteiger partial charge is 0.491 e. The summed E-state index contributed by atoms with van der Waals surface area (Å²) >= 11 is 0. The van der Waals surface area contributed by atoms with E-state index in [0.717, 1.165) is 28.8 Å². The Kier molecular flexibility index (Phi) is 7.53. The molecule has 6 nitrogen and oxygen atoms in total. The Morgan fingerprint density at radius 3 is 2.22 bits per heavy atom. The minimum atomic E-state index is -1.00. The minimum absolute atomic E-state index is 0.160. The standard InChI is InChI=1S/C10H13BO3.C7H7BO3.CH3F/c1-2-5-13-9-4-3-8-7-14-11(12)10(8)6-9;9-6-2-1-5-4-11-8(10)7(5)3-6;1-2/h3-4,6,12H,2,5,7H2,1H3;1-3,9-10H,4H2;1H3/i;;1D. The first kappa shape index (κ1) is 19.7. The molecular weight excluding hydrogens is 353 g/mol. The van der Waals surface area contributed by atoms with Crippen LogP contribution < -0.4 is 15.7 Å². The first-order valence-corrected chi connectivity index (χ1v) is 8.52. The van der Waals surface area contributed by atoms with Crippen LogP contribution in [0.2, 0.25) is 0 Å². The van der Waals surface area contributed by atoms with E-state index in [2.05, 4.69) is 6.92 Å². The number of alkyl halides is 1. The molecule has 144 valence electrons. The summed E-state index contributed by atoms with van der Waals surface area (Å²) in [6, 6.07) is 10.6. The van der Waals surface area contributed by atoms with E-state index in [9.17, 15) is 14.4 Å². The molecule has 0 fully saturated rings. The van der Waals surface area contributed by atoms with Crippen LogP contribution in [0.5, 0.6) is 11.5 Å². The monoisotopic (exact) mass is 377 g/mol. The molecule has 2 aromatic carbocycles. The van der Waals surface area contributed by atoms with E-state index in [0.29, 0.717) is 25.3 Å². The molecule has 0 saturated carbocycles. The zero-order valence-electron chi connectivity index (χ0n) is 16.1. The second-order valence-corrected chi connectivity index (χ2v) is 5.92. The van der Waals surface area contributed by atoms with Crippen LogP contribution in [0.25, 0.3) is 0 Å². The van der Waals surface area contributed by atoms with Crippen molar-refractivity contribution in [3.8, 4) is 11.5 Å². The summed E-state index contributed by atoms with van der Waals surface area (Å²) in [5.74, 6) is 0.962. The number of ether oxygens (including phenoxy) is 1. The minimum Gasteiger partial charge on any atom is -0.508 e. The van der Waals surface area contributed by atoms with Gasteiger partial charge in [0, 0.05) is 0 Å². The van der Waals surface area contributed by atoms with Crippen molar-refractivity contribution in [1.29, 1.82) is 0 Å². The van der Waals surface area contributed by atoms with Gasteiger partial charge in [0.25, 0.3) is 0 Å². The van der Waals surface area contributed by atoms with Gasteiger partial charge in [-0.3, -0.25) is 4.39 Å². The van der Waals surface area contributed by atoms with Gasteiger partial charge in [-0.1, -0.05) is 19.1 Å². The third-order valence-electron chi connectivity index (χ3n) is 4.05. The van der Waals surface area contributed by atoms with E-state index >= 15 is 0 Å². The summed E-state index contributed by atoms with van der Waals surface area (Å²) < 4.78 is 31.0. The van der Waals surface area contributed by atoms with E-state index in [1.807, 2.05) is 18.2 Å². The Bertz CT molecular complexity index is 767. The van der Waals surface area contributed by atoms with Crippen molar-refractivity contribution in [1.82, 2.24) is 0 Å². The summed E-state index contributed by atoms with van der Waals surface area (Å²) in [4.78, 5) is 0. The molecule has 0 aromatic heterocycles. The normalized spacial score (nSPS) is 14.3. The Labute approximate surface area is 160 Å². The number of benzene rings is 2. The maximum Gasteiger partial charge on any atom is 0.491 e. The molecule has 3 N–H and O–H groups in total. The van der Waals surface area contributed by atoms with Gasteiger partial charge in [0.2, 0.25) is 0 Å². The summed E-state index contributed by atoms with van der Waals surface area (Å²) in [7, 11) is -2.65. The Morgan fingerprint density at radius 1 is 1.07 bits per heavy atom. The summed E-state index contributed by atoms with van der Waals surface area (Å²) in [6.07, 6.45) is 0.982. The number of aromatic hydroxyl groups is 1. The van der Waals surface area contributed by atoms with E-state index in [1.165, 1.54) is 6.07 Å². The SMILES string of the molecule is CCCOc1ccc2c(c1)B(O)OC2.OB1OCc2ccc(O)cc21.[2H]CF. The van der Waals surface area contributed by atoms with Crippen LogP contribution in [0.3, 0.4) is 0 Å². The van der Waals surface area contributed by atoms with Crippen molar-refractivity contribution in [2.24, 2.45) is 0 Å². The van der Waals surface area contributed by atoms with Crippen LogP contribution in [-0.2, 0) is 22.5 Å². The first-order valence-electron chi connectivity index (χ1n) is 9.22. The number of hydrogen-bond donors (Lipinski definition) is 3. The second-order valence-electron chi connectivity index (χ2n) is 5.92. The maximum atomic E-state index is 9.96. The molecular formula is C18H23B2FO6. The van der Waals surface area contributed by atoms with Crippen molar-refractivity contribution >= 4 is 25.2 Å². The zero-order valence-corrected chi connectivity index (χ0v) is 15.1. The molecule has 2 aliphatic heterocycles. The van der Waals surface area contributed by atoms with E-state index in [1.54, 1.807) is 12.1 Å². The lowest BCUT2D eigenvalue weighted by Crippen LogP contribution is -2.28. The molecule has 2 aliphatic rings. The topological polar surface area (TPSA) is 88.4 Å². The molecule has 4 rings (SSSR count). The Morgan fingerprint density at radius 2 is 1.63 bits per heavy atom. The average molecular weight is 377 g/mol. The predicted octanol–water partition coefficient (Wildman–Crippen LogP) is 0.889. The number of rotatable bonds is 3. The van der Waals surface area contributed by atoms with Gasteiger partial charge in [0.15, 0.2) is 0 Å². The number of fused-ring (bicyclic) bond motifs is 2. The summed E-state index contributed by atoms with van der Waals surface area (Å²) in [5.41, 5.74) is 3.49. The number of phenolic OH excluding ortho intramolecular Hbond substituents is 1. The largest absolute Gasteiger partial charge is 0.508 e. The van der Waals surface area contributed by atoms with Gasteiger partial charge in [-0.25, -0.2) is 0 Å². The molecule has 9 heteroatoms. The summed E-state index contributed by atoms with van der Waals surface area (Å²) in [6.45, 7) is 3.68. The number of hydrogen-bond acceptors (Lipinski definition) is 6. The van der Waals surface area contributed by atoms with Crippen LogP contribution in [0.4, 0.5) is 4.39 Å². The third kappa shape index (κ3) is 5.46. The highest BCUT2D eigenvalue weighted by molar-refractivity contribution is 6.62. The quantitative estimate of drug-likeness (QED) is 0.689. The lowest BCUT2D eigenvalue weighted by atomic mass is 9.79. The molecule has 27 heavy (non-hydrogen) atoms. The first-order chi connectivity index (χ1) is 13.5. The van der Waals surface area contributed by atoms with Gasteiger partial charge in [0.1, 0.15) is 11.5 Å². The number of phenols is 1. The van der Waals surface area contributed by atoms with Crippen LogP contribution in [0.1, 0.15) is 25.8 Å². The predicted molar refractivity (Wildman–Crippen MR) is 102 cm³/mol. The Hall–Kier alpha value is -2.06. The van der Waals surface area contributed by atoms with Crippen molar-refractivity contribution < 1.29 is 35.0 Å². The molecule has 0 amide bonds. The molecule has 0 aliphatic carbocycles. The van der Waals surface area contributed by atoms with Crippen molar-refractivity contribution in [3.05, 3.63) is 47.5 Å². The van der Waals surface area contributed by atoms with Gasteiger partial charge in [0.05, 0.1) is 28.3 Å². The molecule has 2 aromatic rings. The lowest BCUT2D eigenvalue weighted by Gasteiger charge is -2.06. The molecule has 0 atom stereocenters. The summed E-state index contributed by atoms with van der Waals surface area (Å²) in [5, 5.41) is 27.7. The molecule has 0 unspecified atom stereocenters. The van der Waals surface area contributed by atoms with Crippen LogP contribution in [0, 0.1) is 0 Å². The van der Waals surface area contributed by atoms with Crippen LogP contribution in [0.15, 0.2) is 36.4 Å². The van der Waals surface area contributed by atoms with Crippen LogP contribution >= 0.6 is 0 Å². The molecule has 0 radical (unpaired) electrons. The molecule has 2 heterocycles. The molecule has 0 spiro atoms. The Balaban J connectivity index is 0.000000180. The van der Waals surface area contributed by atoms with Gasteiger partial charge < -0.3 is 29.2 Å². The fourth-order valence-electron chi connectivity index (χ4n) is 2.70. The van der Waals surface area contributed by atoms with Crippen molar-refractivity contribution in [2.75, 3.05) is 13.8 Å². The zero-order chi connectivity index (χ0) is 20.5. The fourth-order valence-corrected chi connectivity index (χ4v) is 2.70. The average Bonchev–Trinajstić information content (AvgIpc) is 3.24. The van der Waals surface area contributed by atoms with Gasteiger partial charge in [-0.15, -0.1) is 0 Å². The molecule has 0 saturated heterocycles. The number of halogens is 1. The van der Waals surface area contributed by atoms with Gasteiger partial charge in [-0.05, 0) is 52.7 Å². The van der Waals surface area contributed by atoms with Crippen molar-refractivity contribution in [3.63, 3.8) is 0 Å². The lowest BCUT2D eigenvalue weighted by molar-refractivity contribution is 0.275. The van der Waals surface area contributed by atoms with Gasteiger partial charge in [-0.2, -0.15) is 0 Å². The van der Waals surface area contributed by atoms with E-state index < -0.39 is 21.4 Å². The second kappa shape index (κ2) is 10.3. The highest BCUT2D eigenvalue weighted by atomic mass is 19.1. The highest BCUT2D eigenvalue weighted by Gasteiger charge is 2.28. The van der Waals surface area contributed by atoms with Gasteiger partial charge >= 0.3 is 14.2 Å².